The Labute approximate surface area is 127 Å². The quantitative estimate of drug-likeness (QED) is 0.924. The summed E-state index contributed by atoms with van der Waals surface area (Å²) in [6, 6.07) is 10.8. The highest BCUT2D eigenvalue weighted by Crippen LogP contribution is 2.35. The molecule has 3 rings (SSSR count). The first-order valence-electron chi connectivity index (χ1n) is 8.29. The number of hydrogen-bond donors (Lipinski definition) is 1. The first-order valence-corrected chi connectivity index (χ1v) is 8.29. The molecular weight excluding hydrogens is 260 g/mol. The van der Waals surface area contributed by atoms with Crippen molar-refractivity contribution in [2.75, 3.05) is 13.1 Å². The van der Waals surface area contributed by atoms with Gasteiger partial charge in [-0.05, 0) is 49.5 Å². The van der Waals surface area contributed by atoms with Crippen LogP contribution in [0.2, 0.25) is 0 Å². The van der Waals surface area contributed by atoms with E-state index in [0.29, 0.717) is 30.2 Å². The molecule has 0 radical (unpaired) electrons. The molecule has 2 aliphatic rings. The maximum atomic E-state index is 12.4. The highest BCUT2D eigenvalue weighted by molar-refractivity contribution is 5.76. The molecule has 3 heteroatoms. The van der Waals surface area contributed by atoms with Gasteiger partial charge in [-0.3, -0.25) is 4.79 Å². The fraction of sp³-hybridized carbons (Fsp3) is 0.611. The molecule has 114 valence electrons. The van der Waals surface area contributed by atoms with E-state index >= 15 is 0 Å². The molecular formula is C18H26N2O. The number of aryl methyl sites for hydroxylation is 1. The molecule has 1 aromatic carbocycles. The van der Waals surface area contributed by atoms with E-state index < -0.39 is 0 Å². The Hall–Kier alpha value is -1.35. The summed E-state index contributed by atoms with van der Waals surface area (Å²) in [5, 5.41) is 0. The van der Waals surface area contributed by atoms with Crippen molar-refractivity contribution in [1.29, 1.82) is 0 Å². The molecule has 3 atom stereocenters. The third-order valence-electron chi connectivity index (χ3n) is 5.14. The summed E-state index contributed by atoms with van der Waals surface area (Å²) >= 11 is 0. The molecule has 1 saturated carbocycles. The first-order chi connectivity index (χ1) is 10.2. The normalized spacial score (nSPS) is 28.4. The number of amides is 1. The van der Waals surface area contributed by atoms with E-state index in [2.05, 4.69) is 29.2 Å². The number of hydrogen-bond acceptors (Lipinski definition) is 2. The smallest absolute Gasteiger partial charge is 0.222 e. The lowest BCUT2D eigenvalue weighted by atomic mass is 9.79. The topological polar surface area (TPSA) is 46.3 Å². The van der Waals surface area contributed by atoms with Crippen LogP contribution in [0.3, 0.4) is 0 Å². The second kappa shape index (κ2) is 6.61. The van der Waals surface area contributed by atoms with Crippen LogP contribution in [-0.2, 0) is 11.2 Å². The Morgan fingerprint density at radius 1 is 1.14 bits per heavy atom. The number of fused-ring (bicyclic) bond motifs is 1. The number of nitrogens with two attached hydrogens (primary N) is 1. The third-order valence-corrected chi connectivity index (χ3v) is 5.14. The molecule has 1 unspecified atom stereocenters. The second-order valence-electron chi connectivity index (χ2n) is 6.73. The highest BCUT2D eigenvalue weighted by atomic mass is 16.2. The lowest BCUT2D eigenvalue weighted by Crippen LogP contribution is -2.32. The zero-order valence-corrected chi connectivity index (χ0v) is 12.7. The van der Waals surface area contributed by atoms with Crippen molar-refractivity contribution in [3.05, 3.63) is 35.9 Å². The van der Waals surface area contributed by atoms with E-state index in [9.17, 15) is 4.79 Å². The van der Waals surface area contributed by atoms with Gasteiger partial charge in [-0.15, -0.1) is 0 Å². The number of nitrogens with zero attached hydrogens (tertiary/aromatic N) is 1. The molecule has 2 fully saturated rings. The minimum Gasteiger partial charge on any atom is -0.342 e. The van der Waals surface area contributed by atoms with Gasteiger partial charge >= 0.3 is 0 Å². The van der Waals surface area contributed by atoms with Gasteiger partial charge in [0.05, 0.1) is 0 Å². The van der Waals surface area contributed by atoms with Crippen molar-refractivity contribution < 1.29 is 4.79 Å². The Kier molecular flexibility index (Phi) is 4.59. The largest absolute Gasteiger partial charge is 0.342 e. The van der Waals surface area contributed by atoms with Crippen LogP contribution in [0.1, 0.15) is 37.7 Å². The zero-order chi connectivity index (χ0) is 14.7. The Bertz CT molecular complexity index is 473. The maximum absolute atomic E-state index is 12.4. The molecule has 0 bridgehead atoms. The zero-order valence-electron chi connectivity index (χ0n) is 12.7. The van der Waals surface area contributed by atoms with Crippen LogP contribution in [0.4, 0.5) is 0 Å². The fourth-order valence-electron chi connectivity index (χ4n) is 3.92. The van der Waals surface area contributed by atoms with Crippen molar-refractivity contribution in [3.8, 4) is 0 Å². The molecule has 0 aromatic heterocycles. The molecule has 1 aliphatic heterocycles. The van der Waals surface area contributed by atoms with E-state index in [4.69, 9.17) is 5.73 Å². The predicted octanol–water partition coefficient (Wildman–Crippen LogP) is 2.60. The van der Waals surface area contributed by atoms with Gasteiger partial charge in [-0.1, -0.05) is 30.3 Å². The molecule has 1 aliphatic carbocycles. The summed E-state index contributed by atoms with van der Waals surface area (Å²) in [4.78, 5) is 14.5. The monoisotopic (exact) mass is 286 g/mol. The van der Waals surface area contributed by atoms with Crippen molar-refractivity contribution in [1.82, 2.24) is 4.90 Å². The molecule has 1 saturated heterocycles. The highest BCUT2D eigenvalue weighted by Gasteiger charge is 2.38. The average Bonchev–Trinajstić information content (AvgIpc) is 2.91. The fourth-order valence-corrected chi connectivity index (χ4v) is 3.92. The maximum Gasteiger partial charge on any atom is 0.222 e. The summed E-state index contributed by atoms with van der Waals surface area (Å²) in [6.07, 6.45) is 6.09. The molecule has 1 amide bonds. The van der Waals surface area contributed by atoms with Crippen LogP contribution in [0.15, 0.2) is 30.3 Å². The SMILES string of the molecule is NC1CC[C@@H]2CN(C(=O)CCCc3ccccc3)C[C@@H]2C1. The van der Waals surface area contributed by atoms with Gasteiger partial charge in [0.25, 0.3) is 0 Å². The van der Waals surface area contributed by atoms with E-state index in [-0.39, 0.29) is 0 Å². The number of carbonyl (C=O) groups excluding carboxylic acids is 1. The lowest BCUT2D eigenvalue weighted by Gasteiger charge is -2.27. The minimum atomic E-state index is 0.342. The predicted molar refractivity (Wildman–Crippen MR) is 84.8 cm³/mol. The van der Waals surface area contributed by atoms with Crippen molar-refractivity contribution in [3.63, 3.8) is 0 Å². The van der Waals surface area contributed by atoms with Crippen LogP contribution in [0.25, 0.3) is 0 Å². The van der Waals surface area contributed by atoms with Gasteiger partial charge in [-0.2, -0.15) is 0 Å². The van der Waals surface area contributed by atoms with Gasteiger partial charge < -0.3 is 10.6 Å². The van der Waals surface area contributed by atoms with Crippen LogP contribution in [0.5, 0.6) is 0 Å². The van der Waals surface area contributed by atoms with Gasteiger partial charge in [-0.25, -0.2) is 0 Å². The number of benzene rings is 1. The van der Waals surface area contributed by atoms with Crippen molar-refractivity contribution >= 4 is 5.91 Å². The summed E-state index contributed by atoms with van der Waals surface area (Å²) < 4.78 is 0. The lowest BCUT2D eigenvalue weighted by molar-refractivity contribution is -0.130. The minimum absolute atomic E-state index is 0.342. The summed E-state index contributed by atoms with van der Waals surface area (Å²) in [7, 11) is 0. The van der Waals surface area contributed by atoms with Gasteiger partial charge in [0, 0.05) is 25.6 Å². The summed E-state index contributed by atoms with van der Waals surface area (Å²) in [5.74, 6) is 1.71. The molecule has 0 spiro atoms. The number of carbonyl (C=O) groups is 1. The van der Waals surface area contributed by atoms with Gasteiger partial charge in [0.1, 0.15) is 0 Å². The number of likely N-dealkylation sites (tertiary alicyclic amines) is 1. The van der Waals surface area contributed by atoms with E-state index in [0.717, 1.165) is 38.8 Å². The van der Waals surface area contributed by atoms with Crippen LogP contribution >= 0.6 is 0 Å². The van der Waals surface area contributed by atoms with E-state index in [1.807, 2.05) is 6.07 Å². The molecule has 21 heavy (non-hydrogen) atoms. The first kappa shape index (κ1) is 14.6. The Morgan fingerprint density at radius 3 is 2.71 bits per heavy atom. The average molecular weight is 286 g/mol. The molecule has 3 nitrogen and oxygen atoms in total. The molecule has 2 N–H and O–H groups in total. The second-order valence-corrected chi connectivity index (χ2v) is 6.73. The summed E-state index contributed by atoms with van der Waals surface area (Å²) in [6.45, 7) is 1.92. The number of rotatable bonds is 4. The summed E-state index contributed by atoms with van der Waals surface area (Å²) in [5.41, 5.74) is 7.38. The standard InChI is InChI=1S/C18H26N2O/c19-17-10-9-15-12-20(13-16(15)11-17)18(21)8-4-7-14-5-2-1-3-6-14/h1-3,5-6,15-17H,4,7-13,19H2/t15-,16+,17?/m1/s1. The molecule has 1 heterocycles. The molecule has 1 aromatic rings. The van der Waals surface area contributed by atoms with Crippen LogP contribution in [-0.4, -0.2) is 29.9 Å². The Balaban J connectivity index is 1.44. The van der Waals surface area contributed by atoms with Gasteiger partial charge in [0.15, 0.2) is 0 Å². The van der Waals surface area contributed by atoms with Crippen LogP contribution in [0, 0.1) is 11.8 Å². The van der Waals surface area contributed by atoms with Crippen molar-refractivity contribution in [2.24, 2.45) is 17.6 Å². The Morgan fingerprint density at radius 2 is 1.90 bits per heavy atom. The van der Waals surface area contributed by atoms with E-state index in [1.54, 1.807) is 0 Å². The van der Waals surface area contributed by atoms with E-state index in [1.165, 1.54) is 12.0 Å². The third kappa shape index (κ3) is 3.65. The van der Waals surface area contributed by atoms with Crippen molar-refractivity contribution in [2.45, 2.75) is 44.6 Å². The van der Waals surface area contributed by atoms with Gasteiger partial charge in [0.2, 0.25) is 5.91 Å². The van der Waals surface area contributed by atoms with Crippen LogP contribution < -0.4 is 5.73 Å².